The van der Waals surface area contributed by atoms with Gasteiger partial charge in [-0.1, -0.05) is 0 Å². The highest BCUT2D eigenvalue weighted by Gasteiger charge is 2.45. The van der Waals surface area contributed by atoms with Gasteiger partial charge >= 0.3 is 0 Å². The standard InChI is InChI=1S/C8H15NO2/c1-7(2)5-6(10)8(3,4)9(7)11/h5,10-11H,1-4H3. The van der Waals surface area contributed by atoms with Crippen LogP contribution >= 0.6 is 0 Å². The van der Waals surface area contributed by atoms with Gasteiger partial charge in [0.25, 0.3) is 0 Å². The van der Waals surface area contributed by atoms with E-state index in [2.05, 4.69) is 0 Å². The molecule has 64 valence electrons. The highest BCUT2D eigenvalue weighted by atomic mass is 16.5. The first-order valence-electron chi connectivity index (χ1n) is 3.70. The van der Waals surface area contributed by atoms with Crippen molar-refractivity contribution < 1.29 is 10.3 Å². The van der Waals surface area contributed by atoms with Gasteiger partial charge in [0, 0.05) is 0 Å². The zero-order valence-electron chi connectivity index (χ0n) is 7.42. The van der Waals surface area contributed by atoms with Gasteiger partial charge in [-0.2, -0.15) is 5.06 Å². The summed E-state index contributed by atoms with van der Waals surface area (Å²) < 4.78 is 0. The Bertz CT molecular complexity index is 206. The molecule has 1 heterocycles. The minimum Gasteiger partial charge on any atom is -0.511 e. The molecule has 0 saturated heterocycles. The van der Waals surface area contributed by atoms with Crippen molar-refractivity contribution in [3.05, 3.63) is 11.8 Å². The molecule has 0 fully saturated rings. The lowest BCUT2D eigenvalue weighted by Crippen LogP contribution is -2.47. The Morgan fingerprint density at radius 1 is 1.27 bits per heavy atom. The first kappa shape index (κ1) is 8.56. The van der Waals surface area contributed by atoms with E-state index < -0.39 is 11.1 Å². The van der Waals surface area contributed by atoms with Gasteiger partial charge in [-0.05, 0) is 33.8 Å². The molecule has 11 heavy (non-hydrogen) atoms. The fraction of sp³-hybridized carbons (Fsp3) is 0.750. The predicted octanol–water partition coefficient (Wildman–Crippen LogP) is 1.69. The van der Waals surface area contributed by atoms with Crippen molar-refractivity contribution in [3.8, 4) is 0 Å². The summed E-state index contributed by atoms with van der Waals surface area (Å²) in [6.45, 7) is 7.23. The van der Waals surface area contributed by atoms with Crippen molar-refractivity contribution >= 4 is 0 Å². The van der Waals surface area contributed by atoms with Gasteiger partial charge in [0.15, 0.2) is 0 Å². The lowest BCUT2D eigenvalue weighted by atomic mass is 10.1. The topological polar surface area (TPSA) is 43.7 Å². The number of aliphatic hydroxyl groups excluding tert-OH is 1. The van der Waals surface area contributed by atoms with Crippen LogP contribution in [0.1, 0.15) is 27.7 Å². The third-order valence-electron chi connectivity index (χ3n) is 2.19. The van der Waals surface area contributed by atoms with Crippen LogP contribution in [0.4, 0.5) is 0 Å². The number of nitrogens with zero attached hydrogens (tertiary/aromatic N) is 1. The van der Waals surface area contributed by atoms with E-state index in [1.807, 2.05) is 13.8 Å². The van der Waals surface area contributed by atoms with Crippen LogP contribution in [0.3, 0.4) is 0 Å². The van der Waals surface area contributed by atoms with Crippen LogP contribution in [0.15, 0.2) is 11.8 Å². The average molecular weight is 157 g/mol. The molecule has 0 amide bonds. The second-order valence-electron chi connectivity index (χ2n) is 4.05. The fourth-order valence-corrected chi connectivity index (χ4v) is 1.40. The largest absolute Gasteiger partial charge is 0.511 e. The summed E-state index contributed by atoms with van der Waals surface area (Å²) in [7, 11) is 0. The van der Waals surface area contributed by atoms with E-state index in [1.165, 1.54) is 0 Å². The van der Waals surface area contributed by atoms with Gasteiger partial charge in [0.2, 0.25) is 0 Å². The summed E-state index contributed by atoms with van der Waals surface area (Å²) in [5.74, 6) is 0.227. The van der Waals surface area contributed by atoms with Gasteiger partial charge in [-0.15, -0.1) is 0 Å². The van der Waals surface area contributed by atoms with Crippen molar-refractivity contribution in [2.24, 2.45) is 0 Å². The van der Waals surface area contributed by atoms with Crippen LogP contribution in [0.5, 0.6) is 0 Å². The Morgan fingerprint density at radius 3 is 1.82 bits per heavy atom. The minimum absolute atomic E-state index is 0.227. The van der Waals surface area contributed by atoms with Crippen molar-refractivity contribution in [1.29, 1.82) is 0 Å². The number of hydrogen-bond acceptors (Lipinski definition) is 3. The van der Waals surface area contributed by atoms with E-state index >= 15 is 0 Å². The van der Waals surface area contributed by atoms with Crippen molar-refractivity contribution in [3.63, 3.8) is 0 Å². The molecule has 3 heteroatoms. The molecule has 1 aliphatic heterocycles. The maximum Gasteiger partial charge on any atom is 0.112 e. The number of hydroxylamine groups is 2. The fourth-order valence-electron chi connectivity index (χ4n) is 1.40. The van der Waals surface area contributed by atoms with Crippen LogP contribution < -0.4 is 0 Å². The lowest BCUT2D eigenvalue weighted by Gasteiger charge is -2.34. The molecule has 0 bridgehead atoms. The predicted molar refractivity (Wildman–Crippen MR) is 42.5 cm³/mol. The van der Waals surface area contributed by atoms with Crippen LogP contribution in [0, 0.1) is 0 Å². The highest BCUT2D eigenvalue weighted by molar-refractivity contribution is 5.23. The second-order valence-corrected chi connectivity index (χ2v) is 4.05. The Hall–Kier alpha value is -0.540. The summed E-state index contributed by atoms with van der Waals surface area (Å²) in [6, 6.07) is 0. The van der Waals surface area contributed by atoms with E-state index in [-0.39, 0.29) is 5.76 Å². The first-order valence-corrected chi connectivity index (χ1v) is 3.70. The van der Waals surface area contributed by atoms with E-state index in [0.29, 0.717) is 0 Å². The molecule has 0 radical (unpaired) electrons. The van der Waals surface area contributed by atoms with Crippen molar-refractivity contribution in [1.82, 2.24) is 5.06 Å². The number of hydrogen-bond donors (Lipinski definition) is 2. The maximum absolute atomic E-state index is 9.58. The number of aliphatic hydroxyl groups is 1. The number of rotatable bonds is 0. The molecule has 0 spiro atoms. The molecule has 1 rings (SSSR count). The monoisotopic (exact) mass is 157 g/mol. The summed E-state index contributed by atoms with van der Waals surface area (Å²) in [5.41, 5.74) is -1.11. The molecular weight excluding hydrogens is 142 g/mol. The lowest BCUT2D eigenvalue weighted by molar-refractivity contribution is -0.190. The van der Waals surface area contributed by atoms with E-state index in [1.54, 1.807) is 19.9 Å². The maximum atomic E-state index is 9.58. The smallest absolute Gasteiger partial charge is 0.112 e. The van der Waals surface area contributed by atoms with Gasteiger partial charge in [-0.25, -0.2) is 0 Å². The molecule has 0 saturated carbocycles. The zero-order chi connectivity index (χ0) is 8.86. The Labute approximate surface area is 66.9 Å². The Morgan fingerprint density at radius 2 is 1.73 bits per heavy atom. The molecule has 0 aromatic carbocycles. The van der Waals surface area contributed by atoms with Gasteiger partial charge in [-0.3, -0.25) is 0 Å². The summed E-state index contributed by atoms with van der Waals surface area (Å²) in [4.78, 5) is 0. The van der Waals surface area contributed by atoms with Crippen LogP contribution in [0.2, 0.25) is 0 Å². The van der Waals surface area contributed by atoms with E-state index in [4.69, 9.17) is 0 Å². The third kappa shape index (κ3) is 1.04. The van der Waals surface area contributed by atoms with E-state index in [0.717, 1.165) is 5.06 Å². The normalized spacial score (nSPS) is 28.6. The minimum atomic E-state index is -0.649. The zero-order valence-corrected chi connectivity index (χ0v) is 7.42. The molecule has 0 aliphatic carbocycles. The first-order chi connectivity index (χ1) is 4.78. The van der Waals surface area contributed by atoms with Crippen molar-refractivity contribution in [2.75, 3.05) is 0 Å². The van der Waals surface area contributed by atoms with Gasteiger partial charge < -0.3 is 10.3 Å². The molecular formula is C8H15NO2. The highest BCUT2D eigenvalue weighted by Crippen LogP contribution is 2.36. The van der Waals surface area contributed by atoms with Crippen LogP contribution in [0.25, 0.3) is 0 Å². The van der Waals surface area contributed by atoms with Crippen LogP contribution in [-0.2, 0) is 0 Å². The molecule has 3 nitrogen and oxygen atoms in total. The quantitative estimate of drug-likeness (QED) is 0.562. The van der Waals surface area contributed by atoms with Crippen LogP contribution in [-0.4, -0.2) is 26.5 Å². The molecule has 0 atom stereocenters. The Balaban J connectivity index is 3.04. The Kier molecular flexibility index (Phi) is 1.55. The molecule has 1 aliphatic rings. The summed E-state index contributed by atoms with van der Waals surface area (Å²) >= 11 is 0. The second kappa shape index (κ2) is 1.99. The summed E-state index contributed by atoms with van der Waals surface area (Å²) in [6.07, 6.45) is 1.66. The average Bonchev–Trinajstić information content (AvgIpc) is 1.94. The van der Waals surface area contributed by atoms with Gasteiger partial charge in [0.05, 0.1) is 11.1 Å². The third-order valence-corrected chi connectivity index (χ3v) is 2.19. The van der Waals surface area contributed by atoms with E-state index in [9.17, 15) is 10.3 Å². The SMILES string of the molecule is CC1(C)C=C(O)C(C)(C)N1O. The molecule has 2 N–H and O–H groups in total. The molecule has 0 unspecified atom stereocenters. The summed E-state index contributed by atoms with van der Waals surface area (Å²) in [5, 5.41) is 20.2. The van der Waals surface area contributed by atoms with Crippen molar-refractivity contribution in [2.45, 2.75) is 38.8 Å². The molecule has 0 aromatic heterocycles. The molecule has 0 aromatic rings. The van der Waals surface area contributed by atoms with Gasteiger partial charge in [0.1, 0.15) is 5.76 Å².